The summed E-state index contributed by atoms with van der Waals surface area (Å²) in [5.41, 5.74) is 2.81. The van der Waals surface area contributed by atoms with Crippen LogP contribution < -0.4 is 10.1 Å². The third-order valence-corrected chi connectivity index (χ3v) is 4.63. The highest BCUT2D eigenvalue weighted by molar-refractivity contribution is 5.45. The molecule has 1 heterocycles. The molecule has 0 spiro atoms. The molecule has 1 aliphatic carbocycles. The van der Waals surface area contributed by atoms with Crippen LogP contribution in [0.15, 0.2) is 18.2 Å². The zero-order valence-electron chi connectivity index (χ0n) is 12.0. The van der Waals surface area contributed by atoms with Gasteiger partial charge in [0, 0.05) is 18.0 Å². The van der Waals surface area contributed by atoms with Gasteiger partial charge in [-0.05, 0) is 30.9 Å². The summed E-state index contributed by atoms with van der Waals surface area (Å²) < 4.78 is 5.91. The smallest absolute Gasteiger partial charge is 0.127 e. The van der Waals surface area contributed by atoms with Gasteiger partial charge in [0.1, 0.15) is 5.75 Å². The van der Waals surface area contributed by atoms with Crippen LogP contribution in [0.4, 0.5) is 0 Å². The van der Waals surface area contributed by atoms with Crippen molar-refractivity contribution in [1.29, 1.82) is 0 Å². The summed E-state index contributed by atoms with van der Waals surface area (Å²) in [6, 6.07) is 7.18. The first-order valence-electron chi connectivity index (χ1n) is 7.88. The van der Waals surface area contributed by atoms with E-state index in [9.17, 15) is 0 Å². The van der Waals surface area contributed by atoms with E-state index in [1.807, 2.05) is 0 Å². The lowest BCUT2D eigenvalue weighted by atomic mass is 9.80. The molecule has 1 fully saturated rings. The fourth-order valence-electron chi connectivity index (χ4n) is 3.70. The molecular formula is C17H25NO. The van der Waals surface area contributed by atoms with Gasteiger partial charge < -0.3 is 10.1 Å². The van der Waals surface area contributed by atoms with E-state index in [0.717, 1.165) is 25.5 Å². The highest BCUT2D eigenvalue weighted by Crippen LogP contribution is 2.40. The van der Waals surface area contributed by atoms with Crippen LogP contribution in [0.2, 0.25) is 0 Å². The second-order valence-corrected chi connectivity index (χ2v) is 5.87. The number of para-hydroxylation sites is 1. The van der Waals surface area contributed by atoms with Gasteiger partial charge in [-0.2, -0.15) is 0 Å². The SMILES string of the molecule is CCNC(c1cccc2c1OCC2)C1CCCCC1. The average Bonchev–Trinajstić information content (AvgIpc) is 2.94. The minimum absolute atomic E-state index is 0.485. The van der Waals surface area contributed by atoms with Crippen molar-refractivity contribution in [3.8, 4) is 5.75 Å². The number of nitrogens with one attached hydrogen (secondary N) is 1. The van der Waals surface area contributed by atoms with E-state index >= 15 is 0 Å². The minimum Gasteiger partial charge on any atom is -0.493 e. The first-order chi connectivity index (χ1) is 9.40. The summed E-state index contributed by atoms with van der Waals surface area (Å²) in [5.74, 6) is 1.96. The molecule has 0 saturated heterocycles. The monoisotopic (exact) mass is 259 g/mol. The van der Waals surface area contributed by atoms with E-state index < -0.39 is 0 Å². The summed E-state index contributed by atoms with van der Waals surface area (Å²) in [5, 5.41) is 3.72. The third-order valence-electron chi connectivity index (χ3n) is 4.63. The highest BCUT2D eigenvalue weighted by Gasteiger charge is 2.28. The Morgan fingerprint density at radius 2 is 2.11 bits per heavy atom. The lowest BCUT2D eigenvalue weighted by molar-refractivity contribution is 0.266. The molecule has 1 saturated carbocycles. The van der Waals surface area contributed by atoms with Gasteiger partial charge in [0.2, 0.25) is 0 Å². The first kappa shape index (κ1) is 13.0. The maximum absolute atomic E-state index is 5.91. The normalized spacial score (nSPS) is 20.9. The van der Waals surface area contributed by atoms with Crippen molar-refractivity contribution in [3.63, 3.8) is 0 Å². The second-order valence-electron chi connectivity index (χ2n) is 5.87. The van der Waals surface area contributed by atoms with E-state index in [2.05, 4.69) is 30.4 Å². The average molecular weight is 259 g/mol. The molecule has 2 aliphatic rings. The summed E-state index contributed by atoms with van der Waals surface area (Å²) in [6.07, 6.45) is 8.00. The fraction of sp³-hybridized carbons (Fsp3) is 0.647. The van der Waals surface area contributed by atoms with Crippen LogP contribution in [0, 0.1) is 5.92 Å². The number of benzene rings is 1. The lowest BCUT2D eigenvalue weighted by Gasteiger charge is -2.32. The number of rotatable bonds is 4. The Kier molecular flexibility index (Phi) is 4.07. The van der Waals surface area contributed by atoms with Gasteiger partial charge in [-0.1, -0.05) is 44.4 Å². The Balaban J connectivity index is 1.89. The standard InChI is InChI=1S/C17H25NO/c1-2-18-16(13-7-4-3-5-8-13)15-10-6-9-14-11-12-19-17(14)15/h6,9-10,13,16,18H,2-5,7-8,11-12H2,1H3. The molecule has 0 amide bonds. The van der Waals surface area contributed by atoms with Crippen molar-refractivity contribution in [3.05, 3.63) is 29.3 Å². The molecule has 1 unspecified atom stereocenters. The van der Waals surface area contributed by atoms with Crippen molar-refractivity contribution in [2.45, 2.75) is 51.5 Å². The first-order valence-corrected chi connectivity index (χ1v) is 7.88. The number of hydrogen-bond donors (Lipinski definition) is 1. The molecule has 1 aromatic rings. The van der Waals surface area contributed by atoms with Gasteiger partial charge in [0.25, 0.3) is 0 Å². The van der Waals surface area contributed by atoms with Crippen LogP contribution in [-0.4, -0.2) is 13.2 Å². The van der Waals surface area contributed by atoms with Gasteiger partial charge in [-0.15, -0.1) is 0 Å². The summed E-state index contributed by atoms with van der Waals surface area (Å²) in [6.45, 7) is 4.10. The van der Waals surface area contributed by atoms with Crippen molar-refractivity contribution in [1.82, 2.24) is 5.32 Å². The highest BCUT2D eigenvalue weighted by atomic mass is 16.5. The lowest BCUT2D eigenvalue weighted by Crippen LogP contribution is -2.30. The summed E-state index contributed by atoms with van der Waals surface area (Å²) in [7, 11) is 0. The predicted octanol–water partition coefficient (Wildman–Crippen LogP) is 3.85. The van der Waals surface area contributed by atoms with Crippen LogP contribution in [0.25, 0.3) is 0 Å². The maximum atomic E-state index is 5.91. The van der Waals surface area contributed by atoms with Gasteiger partial charge in [-0.25, -0.2) is 0 Å². The Morgan fingerprint density at radius 3 is 2.89 bits per heavy atom. The molecule has 1 atom stereocenters. The van der Waals surface area contributed by atoms with Gasteiger partial charge in [0.15, 0.2) is 0 Å². The Labute approximate surface area is 116 Å². The molecule has 0 radical (unpaired) electrons. The molecule has 2 heteroatoms. The van der Waals surface area contributed by atoms with E-state index in [4.69, 9.17) is 4.74 Å². The second kappa shape index (κ2) is 5.96. The van der Waals surface area contributed by atoms with Crippen LogP contribution in [0.1, 0.15) is 56.2 Å². The molecule has 19 heavy (non-hydrogen) atoms. The summed E-state index contributed by atoms with van der Waals surface area (Å²) >= 11 is 0. The van der Waals surface area contributed by atoms with Crippen molar-refractivity contribution in [2.24, 2.45) is 5.92 Å². The van der Waals surface area contributed by atoms with Gasteiger partial charge in [0.05, 0.1) is 6.61 Å². The Hall–Kier alpha value is -1.02. The Morgan fingerprint density at radius 1 is 1.26 bits per heavy atom. The number of hydrogen-bond acceptors (Lipinski definition) is 2. The van der Waals surface area contributed by atoms with Gasteiger partial charge >= 0.3 is 0 Å². The number of fused-ring (bicyclic) bond motifs is 1. The zero-order valence-corrected chi connectivity index (χ0v) is 12.0. The molecular weight excluding hydrogens is 234 g/mol. The van der Waals surface area contributed by atoms with Crippen LogP contribution in [0.3, 0.4) is 0 Å². The molecule has 0 bridgehead atoms. The molecule has 1 aromatic carbocycles. The largest absolute Gasteiger partial charge is 0.493 e. The van der Waals surface area contributed by atoms with Crippen molar-refractivity contribution < 1.29 is 4.74 Å². The Bertz CT molecular complexity index is 423. The van der Waals surface area contributed by atoms with Crippen molar-refractivity contribution in [2.75, 3.05) is 13.2 Å². The maximum Gasteiger partial charge on any atom is 0.127 e. The van der Waals surface area contributed by atoms with Crippen molar-refractivity contribution >= 4 is 0 Å². The van der Waals surface area contributed by atoms with E-state index in [-0.39, 0.29) is 0 Å². The van der Waals surface area contributed by atoms with Crippen LogP contribution in [-0.2, 0) is 6.42 Å². The molecule has 0 aromatic heterocycles. The minimum atomic E-state index is 0.485. The van der Waals surface area contributed by atoms with Gasteiger partial charge in [-0.3, -0.25) is 0 Å². The molecule has 3 rings (SSSR count). The van der Waals surface area contributed by atoms with E-state index in [1.54, 1.807) is 0 Å². The topological polar surface area (TPSA) is 21.3 Å². The van der Waals surface area contributed by atoms with E-state index in [1.165, 1.54) is 49.0 Å². The molecule has 1 aliphatic heterocycles. The predicted molar refractivity (Wildman–Crippen MR) is 78.6 cm³/mol. The fourth-order valence-corrected chi connectivity index (χ4v) is 3.70. The van der Waals surface area contributed by atoms with Crippen LogP contribution >= 0.6 is 0 Å². The third kappa shape index (κ3) is 2.64. The molecule has 1 N–H and O–H groups in total. The molecule has 104 valence electrons. The number of ether oxygens (including phenoxy) is 1. The summed E-state index contributed by atoms with van der Waals surface area (Å²) in [4.78, 5) is 0. The molecule has 2 nitrogen and oxygen atoms in total. The quantitative estimate of drug-likeness (QED) is 0.886. The van der Waals surface area contributed by atoms with E-state index in [0.29, 0.717) is 6.04 Å². The zero-order chi connectivity index (χ0) is 13.1. The van der Waals surface area contributed by atoms with Crippen LogP contribution in [0.5, 0.6) is 5.75 Å².